The van der Waals surface area contributed by atoms with Crippen molar-refractivity contribution >= 4 is 30.3 Å². The van der Waals surface area contributed by atoms with Crippen LogP contribution < -0.4 is 14.2 Å². The lowest BCUT2D eigenvalue weighted by atomic mass is 9.95. The van der Waals surface area contributed by atoms with E-state index in [-0.39, 0.29) is 6.54 Å². The van der Waals surface area contributed by atoms with E-state index in [0.29, 0.717) is 46.7 Å². The number of allylic oxidation sites excluding steroid dienone is 2. The molecule has 0 spiro atoms. The summed E-state index contributed by atoms with van der Waals surface area (Å²) >= 11 is 1.11. The highest BCUT2D eigenvalue weighted by Crippen LogP contribution is 2.34. The molecule has 0 fully saturated rings. The van der Waals surface area contributed by atoms with E-state index in [4.69, 9.17) is 9.47 Å². The van der Waals surface area contributed by atoms with Crippen molar-refractivity contribution in [2.24, 2.45) is 0 Å². The zero-order valence-electron chi connectivity index (χ0n) is 21.4. The minimum Gasteiger partial charge on any atom is -0.496 e. The number of halogens is 3. The summed E-state index contributed by atoms with van der Waals surface area (Å²) in [7, 11) is 7.49. The van der Waals surface area contributed by atoms with Gasteiger partial charge in [0.15, 0.2) is 0 Å². The number of aldehydes is 1. The van der Waals surface area contributed by atoms with Crippen LogP contribution in [0, 0.1) is 6.92 Å². The Morgan fingerprint density at radius 2 is 1.78 bits per heavy atom. The molecule has 2 rings (SSSR count). The number of rotatable bonds is 11. The fourth-order valence-electron chi connectivity index (χ4n) is 3.01. The molecule has 2 aromatic rings. The maximum atomic E-state index is 12.3. The maximum Gasteiger partial charge on any atom is 0.390 e. The van der Waals surface area contributed by atoms with E-state index >= 15 is 0 Å². The van der Waals surface area contributed by atoms with Gasteiger partial charge in [0.05, 0.1) is 13.5 Å². The van der Waals surface area contributed by atoms with Gasteiger partial charge in [-0.3, -0.25) is 14.3 Å². The Balaban J connectivity index is 0.00000150. The number of hydrogen-bond acceptors (Lipinski definition) is 7. The number of nitrogens with one attached hydrogen (secondary N) is 1. The standard InChI is InChI=1S/C23H24F3NO4S.C3H9N/c1-15-9-20(22(30-3)12-21(15)31-14-29)16(2)18(13-28)10-17-5-4-6-19(11-17)32-27-8-7-23(24,25)26;1-4(2)3/h4-6,9,11-14,27H,7-8,10H2,1-3H3;1-3H3/b18-16-;. The highest BCUT2D eigenvalue weighted by Gasteiger charge is 2.26. The first kappa shape index (κ1) is 31.2. The van der Waals surface area contributed by atoms with Crippen LogP contribution in [0.3, 0.4) is 0 Å². The number of carbonyl (C=O) groups excluding carboxylic acids is 2. The van der Waals surface area contributed by atoms with E-state index in [9.17, 15) is 22.8 Å². The van der Waals surface area contributed by atoms with Crippen LogP contribution in [0.25, 0.3) is 5.57 Å². The van der Waals surface area contributed by atoms with Crippen LogP contribution in [0.1, 0.15) is 30.0 Å². The molecule has 0 bridgehead atoms. The second-order valence-corrected chi connectivity index (χ2v) is 9.29. The van der Waals surface area contributed by atoms with Gasteiger partial charge in [0.25, 0.3) is 6.47 Å². The summed E-state index contributed by atoms with van der Waals surface area (Å²) in [5.74, 6) is 0.825. The van der Waals surface area contributed by atoms with E-state index < -0.39 is 12.6 Å². The van der Waals surface area contributed by atoms with Crippen molar-refractivity contribution in [1.29, 1.82) is 0 Å². The maximum absolute atomic E-state index is 12.3. The van der Waals surface area contributed by atoms with Crippen LogP contribution in [-0.2, 0) is 16.0 Å². The van der Waals surface area contributed by atoms with Crippen LogP contribution in [0.15, 0.2) is 46.9 Å². The van der Waals surface area contributed by atoms with Gasteiger partial charge in [-0.1, -0.05) is 12.1 Å². The van der Waals surface area contributed by atoms with Gasteiger partial charge in [0.1, 0.15) is 17.8 Å². The van der Waals surface area contributed by atoms with Crippen molar-refractivity contribution in [2.75, 3.05) is 34.8 Å². The molecule has 36 heavy (non-hydrogen) atoms. The van der Waals surface area contributed by atoms with Crippen molar-refractivity contribution in [2.45, 2.75) is 37.8 Å². The third kappa shape index (κ3) is 11.3. The monoisotopic (exact) mass is 526 g/mol. The lowest BCUT2D eigenvalue weighted by molar-refractivity contribution is -0.132. The molecular weight excluding hydrogens is 493 g/mol. The molecule has 0 saturated heterocycles. The summed E-state index contributed by atoms with van der Waals surface area (Å²) in [6.07, 6.45) is -4.00. The number of alkyl halides is 3. The first-order valence-electron chi connectivity index (χ1n) is 11.0. The third-order valence-electron chi connectivity index (χ3n) is 4.69. The average molecular weight is 527 g/mol. The van der Waals surface area contributed by atoms with Crippen molar-refractivity contribution in [1.82, 2.24) is 9.62 Å². The predicted molar refractivity (Wildman–Crippen MR) is 137 cm³/mol. The minimum absolute atomic E-state index is 0.194. The Kier molecular flexibility index (Phi) is 13.3. The molecule has 0 heterocycles. The molecule has 0 aliphatic carbocycles. The van der Waals surface area contributed by atoms with Crippen LogP contribution in [0.2, 0.25) is 0 Å². The zero-order chi connectivity index (χ0) is 27.3. The summed E-state index contributed by atoms with van der Waals surface area (Å²) in [5.41, 5.74) is 3.48. The van der Waals surface area contributed by atoms with Crippen molar-refractivity contribution < 1.29 is 32.2 Å². The third-order valence-corrected chi connectivity index (χ3v) is 5.53. The normalized spacial score (nSPS) is 11.8. The first-order chi connectivity index (χ1) is 16.9. The van der Waals surface area contributed by atoms with Gasteiger partial charge in [-0.2, -0.15) is 13.2 Å². The second kappa shape index (κ2) is 15.3. The second-order valence-electron chi connectivity index (χ2n) is 8.33. The van der Waals surface area contributed by atoms with Gasteiger partial charge in [0.2, 0.25) is 0 Å². The summed E-state index contributed by atoms with van der Waals surface area (Å²) in [5, 5.41) is 0. The molecule has 10 heteroatoms. The number of benzene rings is 2. The lowest BCUT2D eigenvalue weighted by Crippen LogP contribution is -2.16. The number of ether oxygens (including phenoxy) is 2. The fourth-order valence-corrected chi connectivity index (χ4v) is 3.74. The molecular formula is C26H33F3N2O4S. The first-order valence-corrected chi connectivity index (χ1v) is 11.8. The van der Waals surface area contributed by atoms with Gasteiger partial charge >= 0.3 is 6.18 Å². The predicted octanol–water partition coefficient (Wildman–Crippen LogP) is 5.48. The van der Waals surface area contributed by atoms with E-state index in [1.54, 1.807) is 38.1 Å². The van der Waals surface area contributed by atoms with Gasteiger partial charge in [0, 0.05) is 29.5 Å². The van der Waals surface area contributed by atoms with Gasteiger partial charge in [-0.05, 0) is 87.4 Å². The molecule has 198 valence electrons. The fraction of sp³-hybridized carbons (Fsp3) is 0.385. The lowest BCUT2D eigenvalue weighted by Gasteiger charge is -2.15. The Hall–Kier alpha value is -2.82. The van der Waals surface area contributed by atoms with Crippen LogP contribution in [0.5, 0.6) is 11.5 Å². The van der Waals surface area contributed by atoms with Crippen molar-refractivity contribution in [3.63, 3.8) is 0 Å². The molecule has 0 aliphatic heterocycles. The Labute approximate surface area is 215 Å². The Morgan fingerprint density at radius 3 is 2.33 bits per heavy atom. The molecule has 0 atom stereocenters. The van der Waals surface area contributed by atoms with Crippen LogP contribution >= 0.6 is 11.9 Å². The quantitative estimate of drug-likeness (QED) is 0.180. The van der Waals surface area contributed by atoms with E-state index in [0.717, 1.165) is 28.7 Å². The largest absolute Gasteiger partial charge is 0.496 e. The summed E-state index contributed by atoms with van der Waals surface area (Å²) in [6, 6.07) is 10.6. The number of aryl methyl sites for hydroxylation is 1. The summed E-state index contributed by atoms with van der Waals surface area (Å²) in [4.78, 5) is 25.3. The molecule has 6 nitrogen and oxygen atoms in total. The molecule has 0 unspecified atom stereocenters. The topological polar surface area (TPSA) is 67.9 Å². The van der Waals surface area contributed by atoms with Gasteiger partial charge in [-0.15, -0.1) is 0 Å². The summed E-state index contributed by atoms with van der Waals surface area (Å²) < 4.78 is 49.9. The molecule has 2 aromatic carbocycles. The highest BCUT2D eigenvalue weighted by atomic mass is 32.2. The van der Waals surface area contributed by atoms with Gasteiger partial charge < -0.3 is 14.4 Å². The Bertz CT molecular complexity index is 1040. The van der Waals surface area contributed by atoms with Crippen molar-refractivity contribution in [3.8, 4) is 11.5 Å². The smallest absolute Gasteiger partial charge is 0.390 e. The number of carbonyl (C=O) groups is 2. The average Bonchev–Trinajstić information content (AvgIpc) is 2.80. The molecule has 0 aromatic heterocycles. The minimum atomic E-state index is -4.20. The molecule has 0 aliphatic rings. The molecule has 0 amide bonds. The summed E-state index contributed by atoms with van der Waals surface area (Å²) in [6.45, 7) is 3.73. The SMILES string of the molecule is CN(C)C.COc1cc(OC=O)c(C)cc1/C(C)=C(\C=O)Cc1cccc(SNCCC(F)(F)F)c1. The van der Waals surface area contributed by atoms with Gasteiger partial charge in [-0.25, -0.2) is 0 Å². The van der Waals surface area contributed by atoms with E-state index in [2.05, 4.69) is 4.72 Å². The Morgan fingerprint density at radius 1 is 1.11 bits per heavy atom. The van der Waals surface area contributed by atoms with E-state index in [1.807, 2.05) is 38.2 Å². The zero-order valence-corrected chi connectivity index (χ0v) is 22.2. The highest BCUT2D eigenvalue weighted by molar-refractivity contribution is 7.97. The molecule has 0 radical (unpaired) electrons. The number of methoxy groups -OCH3 is 1. The number of hydrogen-bond donors (Lipinski definition) is 1. The molecule has 0 saturated carbocycles. The number of nitrogens with zero attached hydrogens (tertiary/aromatic N) is 1. The molecule has 1 N–H and O–H groups in total. The van der Waals surface area contributed by atoms with Crippen LogP contribution in [-0.4, -0.2) is 58.6 Å². The van der Waals surface area contributed by atoms with Crippen molar-refractivity contribution in [3.05, 3.63) is 58.7 Å². The van der Waals surface area contributed by atoms with E-state index in [1.165, 1.54) is 7.11 Å². The van der Waals surface area contributed by atoms with Crippen LogP contribution in [0.4, 0.5) is 13.2 Å².